The molecule has 1 aliphatic carbocycles. The summed E-state index contributed by atoms with van der Waals surface area (Å²) in [7, 11) is 2.19. The highest BCUT2D eigenvalue weighted by Gasteiger charge is 2.43. The number of anilines is 1. The zero-order valence-corrected chi connectivity index (χ0v) is 21.5. The molecule has 4 atom stereocenters. The molecule has 1 aliphatic heterocycles. The monoisotopic (exact) mass is 507 g/mol. The molecular formula is C26H36F3N5O2. The van der Waals surface area contributed by atoms with Crippen LogP contribution in [0.2, 0.25) is 0 Å². The molecule has 0 spiro atoms. The third-order valence-corrected chi connectivity index (χ3v) is 7.87. The number of nitrogens with zero attached hydrogens (tertiary/aromatic N) is 4. The van der Waals surface area contributed by atoms with Gasteiger partial charge in [0.2, 0.25) is 5.91 Å². The van der Waals surface area contributed by atoms with Crippen LogP contribution in [0.25, 0.3) is 10.9 Å². The fraction of sp³-hybridized carbons (Fsp3) is 0.654. The molecule has 1 aromatic heterocycles. The Morgan fingerprint density at radius 2 is 1.89 bits per heavy atom. The Morgan fingerprint density at radius 3 is 2.56 bits per heavy atom. The Labute approximate surface area is 210 Å². The number of nitrogens with one attached hydrogen (secondary N) is 1. The quantitative estimate of drug-likeness (QED) is 0.564. The lowest BCUT2D eigenvalue weighted by molar-refractivity contribution is -0.274. The van der Waals surface area contributed by atoms with Gasteiger partial charge in [0.15, 0.2) is 0 Å². The van der Waals surface area contributed by atoms with Gasteiger partial charge < -0.3 is 19.9 Å². The second-order valence-corrected chi connectivity index (χ2v) is 10.7. The van der Waals surface area contributed by atoms with Crippen LogP contribution in [-0.2, 0) is 4.79 Å². The van der Waals surface area contributed by atoms with Crippen molar-refractivity contribution in [2.45, 2.75) is 83.9 Å². The number of likely N-dealkylation sites (tertiary alicyclic amines) is 1. The summed E-state index contributed by atoms with van der Waals surface area (Å²) in [5.41, 5.74) is 0.469. The lowest BCUT2D eigenvalue weighted by Crippen LogP contribution is -2.52. The molecule has 198 valence electrons. The molecule has 2 heterocycles. The number of benzene rings is 1. The van der Waals surface area contributed by atoms with Gasteiger partial charge in [-0.1, -0.05) is 13.8 Å². The fourth-order valence-corrected chi connectivity index (χ4v) is 5.74. The maximum Gasteiger partial charge on any atom is 0.573 e. The minimum absolute atomic E-state index is 0.0239. The van der Waals surface area contributed by atoms with E-state index in [0.29, 0.717) is 53.6 Å². The van der Waals surface area contributed by atoms with E-state index in [1.807, 2.05) is 4.90 Å². The molecule has 2 aliphatic rings. The number of halogens is 3. The van der Waals surface area contributed by atoms with Crippen molar-refractivity contribution >= 4 is 22.6 Å². The number of ether oxygens (including phenoxy) is 1. The highest BCUT2D eigenvalue weighted by Crippen LogP contribution is 2.38. The number of hydrogen-bond donors (Lipinski definition) is 1. The number of alkyl halides is 3. The molecule has 0 radical (unpaired) electrons. The van der Waals surface area contributed by atoms with Gasteiger partial charge in [0.05, 0.1) is 5.52 Å². The molecule has 36 heavy (non-hydrogen) atoms. The number of aromatic nitrogens is 2. The Morgan fingerprint density at radius 1 is 1.14 bits per heavy atom. The molecule has 1 N–H and O–H groups in total. The highest BCUT2D eigenvalue weighted by molar-refractivity contribution is 5.93. The summed E-state index contributed by atoms with van der Waals surface area (Å²) in [6, 6.07) is 4.62. The Kier molecular flexibility index (Phi) is 7.64. The summed E-state index contributed by atoms with van der Waals surface area (Å²) in [4.78, 5) is 26.4. The number of amides is 1. The van der Waals surface area contributed by atoms with Gasteiger partial charge in [-0.3, -0.25) is 4.79 Å². The SMILES string of the molecule is CC(C)[C@@H]1C[C@H](N(C)C(C)C)CC[C@@H]1N1CC[C@H](Nc2ncnc3ccc(OC(F)(F)F)cc23)C1=O. The fourth-order valence-electron chi connectivity index (χ4n) is 5.74. The third-order valence-electron chi connectivity index (χ3n) is 7.87. The summed E-state index contributed by atoms with van der Waals surface area (Å²) < 4.78 is 42.2. The van der Waals surface area contributed by atoms with Crippen LogP contribution in [0.15, 0.2) is 24.5 Å². The van der Waals surface area contributed by atoms with Crippen LogP contribution < -0.4 is 10.1 Å². The van der Waals surface area contributed by atoms with Gasteiger partial charge in [-0.25, -0.2) is 9.97 Å². The molecule has 10 heteroatoms. The maximum absolute atomic E-state index is 13.5. The van der Waals surface area contributed by atoms with E-state index in [-0.39, 0.29) is 17.7 Å². The highest BCUT2D eigenvalue weighted by atomic mass is 19.4. The largest absolute Gasteiger partial charge is 0.573 e. The first-order valence-corrected chi connectivity index (χ1v) is 12.7. The predicted molar refractivity (Wildman–Crippen MR) is 133 cm³/mol. The van der Waals surface area contributed by atoms with Gasteiger partial charge in [-0.05, 0) is 76.6 Å². The standard InChI is InChI=1S/C26H36F3N5O2/c1-15(2)19-12-17(33(5)16(3)4)6-9-23(19)34-11-10-22(25(34)35)32-24-20-13-18(36-26(27,28)29)7-8-21(20)30-14-31-24/h7-8,13-17,19,22-23H,6,9-12H2,1-5H3,(H,30,31,32)/t17-,19+,22+,23+/m1/s1. The van der Waals surface area contributed by atoms with Gasteiger partial charge in [0.25, 0.3) is 0 Å². The van der Waals surface area contributed by atoms with E-state index < -0.39 is 12.4 Å². The molecule has 7 nitrogen and oxygen atoms in total. The van der Waals surface area contributed by atoms with Crippen molar-refractivity contribution in [3.05, 3.63) is 24.5 Å². The first-order chi connectivity index (χ1) is 16.9. The minimum atomic E-state index is -4.80. The third kappa shape index (κ3) is 5.68. The number of rotatable bonds is 7. The van der Waals surface area contributed by atoms with Crippen LogP contribution in [0.1, 0.15) is 53.4 Å². The lowest BCUT2D eigenvalue weighted by atomic mass is 9.74. The van der Waals surface area contributed by atoms with Crippen molar-refractivity contribution in [2.75, 3.05) is 18.9 Å². The molecule has 1 saturated heterocycles. The van der Waals surface area contributed by atoms with E-state index in [1.165, 1.54) is 24.5 Å². The van der Waals surface area contributed by atoms with Gasteiger partial charge in [-0.2, -0.15) is 0 Å². The molecule has 1 amide bonds. The van der Waals surface area contributed by atoms with Crippen molar-refractivity contribution in [1.29, 1.82) is 0 Å². The molecule has 1 saturated carbocycles. The number of fused-ring (bicyclic) bond motifs is 1. The Bertz CT molecular complexity index is 1080. The van der Waals surface area contributed by atoms with Gasteiger partial charge in [0.1, 0.15) is 23.9 Å². The first-order valence-electron chi connectivity index (χ1n) is 12.7. The summed E-state index contributed by atoms with van der Waals surface area (Å²) in [5.74, 6) is 0.868. The molecular weight excluding hydrogens is 471 g/mol. The Balaban J connectivity index is 1.50. The van der Waals surface area contributed by atoms with Crippen molar-refractivity contribution in [2.24, 2.45) is 11.8 Å². The van der Waals surface area contributed by atoms with Crippen LogP contribution in [0.3, 0.4) is 0 Å². The normalized spacial score (nSPS) is 25.4. The molecule has 1 aromatic carbocycles. The van der Waals surface area contributed by atoms with E-state index >= 15 is 0 Å². The van der Waals surface area contributed by atoms with Crippen molar-refractivity contribution in [1.82, 2.24) is 19.8 Å². The lowest BCUT2D eigenvalue weighted by Gasteiger charge is -2.46. The van der Waals surface area contributed by atoms with Crippen molar-refractivity contribution in [3.63, 3.8) is 0 Å². The van der Waals surface area contributed by atoms with Crippen LogP contribution in [-0.4, -0.2) is 69.8 Å². The van der Waals surface area contributed by atoms with Crippen LogP contribution in [0.4, 0.5) is 19.0 Å². The average Bonchev–Trinajstić information content (AvgIpc) is 3.17. The van der Waals surface area contributed by atoms with E-state index in [4.69, 9.17) is 0 Å². The average molecular weight is 508 g/mol. The van der Waals surface area contributed by atoms with E-state index in [2.05, 4.69) is 59.7 Å². The van der Waals surface area contributed by atoms with E-state index in [9.17, 15) is 18.0 Å². The summed E-state index contributed by atoms with van der Waals surface area (Å²) >= 11 is 0. The molecule has 4 rings (SSSR count). The summed E-state index contributed by atoms with van der Waals surface area (Å²) in [6.45, 7) is 9.55. The zero-order chi connectivity index (χ0) is 26.2. The summed E-state index contributed by atoms with van der Waals surface area (Å²) in [6.07, 6.45) is 0.250. The number of carbonyl (C=O) groups is 1. The smallest absolute Gasteiger partial charge is 0.406 e. The first kappa shape index (κ1) is 26.4. The van der Waals surface area contributed by atoms with Crippen LogP contribution in [0, 0.1) is 11.8 Å². The second-order valence-electron chi connectivity index (χ2n) is 10.7. The van der Waals surface area contributed by atoms with Gasteiger partial charge in [0, 0.05) is 30.1 Å². The predicted octanol–water partition coefficient (Wildman–Crippen LogP) is 5.07. The van der Waals surface area contributed by atoms with E-state index in [1.54, 1.807) is 0 Å². The Hall–Kier alpha value is -2.62. The molecule has 2 fully saturated rings. The van der Waals surface area contributed by atoms with Gasteiger partial charge >= 0.3 is 6.36 Å². The zero-order valence-electron chi connectivity index (χ0n) is 21.5. The maximum atomic E-state index is 13.5. The number of carbonyl (C=O) groups excluding carboxylic acids is 1. The number of hydrogen-bond acceptors (Lipinski definition) is 6. The van der Waals surface area contributed by atoms with Crippen molar-refractivity contribution < 1.29 is 22.7 Å². The van der Waals surface area contributed by atoms with Gasteiger partial charge in [-0.15, -0.1) is 13.2 Å². The topological polar surface area (TPSA) is 70.6 Å². The summed E-state index contributed by atoms with van der Waals surface area (Å²) in [5, 5.41) is 3.57. The molecule has 0 unspecified atom stereocenters. The van der Waals surface area contributed by atoms with E-state index in [0.717, 1.165) is 19.3 Å². The molecule has 0 bridgehead atoms. The van der Waals surface area contributed by atoms with Crippen LogP contribution in [0.5, 0.6) is 5.75 Å². The van der Waals surface area contributed by atoms with Crippen molar-refractivity contribution in [3.8, 4) is 5.75 Å². The minimum Gasteiger partial charge on any atom is -0.406 e. The van der Waals surface area contributed by atoms with Crippen LogP contribution >= 0.6 is 0 Å². The molecule has 2 aromatic rings. The second kappa shape index (κ2) is 10.4.